The van der Waals surface area contributed by atoms with Crippen LogP contribution in [-0.4, -0.2) is 27.9 Å². The minimum atomic E-state index is -1.25. The molecule has 0 aliphatic rings. The highest BCUT2D eigenvalue weighted by molar-refractivity contribution is 8.28. The van der Waals surface area contributed by atoms with Crippen molar-refractivity contribution in [3.8, 4) is 0 Å². The Morgan fingerprint density at radius 1 is 1.00 bits per heavy atom. The standard InChI is InChI=1S/C8H22OSSi2/c1-11(2,3)9-7-8-10-12(4,5)6/h7-8H2,1-6H3. The Morgan fingerprint density at radius 2 is 1.50 bits per heavy atom. The average Bonchev–Trinajstić information content (AvgIpc) is 1.76. The predicted octanol–water partition coefficient (Wildman–Crippen LogP) is 3.41. The molecule has 0 bridgehead atoms. The summed E-state index contributed by atoms with van der Waals surface area (Å²) in [5, 5.41) is 0. The lowest BCUT2D eigenvalue weighted by molar-refractivity contribution is 0.338. The molecule has 0 aromatic heterocycles. The van der Waals surface area contributed by atoms with E-state index < -0.39 is 15.5 Å². The van der Waals surface area contributed by atoms with E-state index in [0.29, 0.717) is 0 Å². The van der Waals surface area contributed by atoms with E-state index in [1.807, 2.05) is 0 Å². The second-order valence-electron chi connectivity index (χ2n) is 4.92. The molecule has 0 rings (SSSR count). The fourth-order valence-corrected chi connectivity index (χ4v) is 4.42. The zero-order chi connectivity index (χ0) is 9.83. The van der Waals surface area contributed by atoms with Gasteiger partial charge in [-0.25, -0.2) is 0 Å². The molecular weight excluding hydrogens is 200 g/mol. The first-order valence-corrected chi connectivity index (χ1v) is 13.1. The Hall–Kier alpha value is 0.744. The third-order valence-corrected chi connectivity index (χ3v) is 6.67. The summed E-state index contributed by atoms with van der Waals surface area (Å²) in [7, 11) is -2.15. The molecule has 0 unspecified atom stereocenters. The van der Waals surface area contributed by atoms with Crippen molar-refractivity contribution in [3.63, 3.8) is 0 Å². The molecule has 0 radical (unpaired) electrons. The van der Waals surface area contributed by atoms with Crippen LogP contribution < -0.4 is 0 Å². The third kappa shape index (κ3) is 10.7. The highest BCUT2D eigenvalue weighted by atomic mass is 32.4. The minimum absolute atomic E-state index is 0.901. The van der Waals surface area contributed by atoms with Crippen molar-refractivity contribution in [1.82, 2.24) is 0 Å². The predicted molar refractivity (Wildman–Crippen MR) is 65.1 cm³/mol. The molecule has 0 saturated carbocycles. The molecule has 0 fully saturated rings. The van der Waals surface area contributed by atoms with Crippen molar-refractivity contribution in [3.05, 3.63) is 0 Å². The number of hydrogen-bond donors (Lipinski definition) is 0. The normalized spacial score (nSPS) is 13.5. The molecule has 0 aliphatic carbocycles. The first-order valence-electron chi connectivity index (χ1n) is 4.49. The Kier molecular flexibility index (Phi) is 5.13. The van der Waals surface area contributed by atoms with Gasteiger partial charge in [-0.15, -0.1) is 0 Å². The van der Waals surface area contributed by atoms with Gasteiger partial charge in [0.05, 0.1) is 0 Å². The Bertz CT molecular complexity index is 110. The third-order valence-electron chi connectivity index (χ3n) is 1.15. The summed E-state index contributed by atoms with van der Waals surface area (Å²) in [6.07, 6.45) is 0. The second-order valence-corrected chi connectivity index (χ2v) is 18.9. The van der Waals surface area contributed by atoms with Gasteiger partial charge < -0.3 is 4.43 Å². The molecular formula is C8H22OSSi2. The molecule has 0 spiro atoms. The first kappa shape index (κ1) is 12.7. The molecule has 1 nitrogen and oxygen atoms in total. The van der Waals surface area contributed by atoms with Gasteiger partial charge in [-0.3, -0.25) is 0 Å². The van der Waals surface area contributed by atoms with E-state index >= 15 is 0 Å². The maximum Gasteiger partial charge on any atom is 0.183 e. The van der Waals surface area contributed by atoms with Crippen LogP contribution in [0.5, 0.6) is 0 Å². The summed E-state index contributed by atoms with van der Waals surface area (Å²) in [5.41, 5.74) is 0. The summed E-state index contributed by atoms with van der Waals surface area (Å²) in [4.78, 5) is 0. The number of hydrogen-bond acceptors (Lipinski definition) is 2. The molecule has 0 aromatic carbocycles. The van der Waals surface area contributed by atoms with Crippen LogP contribution in [-0.2, 0) is 4.43 Å². The van der Waals surface area contributed by atoms with E-state index in [-0.39, 0.29) is 0 Å². The van der Waals surface area contributed by atoms with Gasteiger partial charge in [0.15, 0.2) is 8.32 Å². The van der Waals surface area contributed by atoms with Crippen LogP contribution in [0.1, 0.15) is 0 Å². The Morgan fingerprint density at radius 3 is 1.83 bits per heavy atom. The molecule has 0 aliphatic heterocycles. The fraction of sp³-hybridized carbons (Fsp3) is 1.00. The summed E-state index contributed by atoms with van der Waals surface area (Å²) < 4.78 is 5.76. The zero-order valence-electron chi connectivity index (χ0n) is 9.23. The summed E-state index contributed by atoms with van der Waals surface area (Å²) in [6.45, 7) is 14.8. The minimum Gasteiger partial charge on any atom is -0.417 e. The van der Waals surface area contributed by atoms with E-state index in [4.69, 9.17) is 4.43 Å². The van der Waals surface area contributed by atoms with Crippen LogP contribution in [0.25, 0.3) is 0 Å². The lowest BCUT2D eigenvalue weighted by Crippen LogP contribution is -2.27. The van der Waals surface area contributed by atoms with Crippen LogP contribution in [0.15, 0.2) is 0 Å². The Labute approximate surface area is 83.1 Å². The van der Waals surface area contributed by atoms with Gasteiger partial charge in [0, 0.05) is 12.4 Å². The van der Waals surface area contributed by atoms with Crippen molar-refractivity contribution in [2.75, 3.05) is 12.4 Å². The van der Waals surface area contributed by atoms with Crippen LogP contribution in [0.4, 0.5) is 0 Å². The topological polar surface area (TPSA) is 9.23 Å². The van der Waals surface area contributed by atoms with Crippen molar-refractivity contribution in [1.29, 1.82) is 0 Å². The smallest absolute Gasteiger partial charge is 0.183 e. The van der Waals surface area contributed by atoms with Gasteiger partial charge in [-0.05, 0) is 19.6 Å². The van der Waals surface area contributed by atoms with Crippen LogP contribution in [0, 0.1) is 0 Å². The SMILES string of the molecule is C[Si](C)(C)OCCS[Si](C)(C)C. The van der Waals surface area contributed by atoms with E-state index in [0.717, 1.165) is 6.61 Å². The van der Waals surface area contributed by atoms with Gasteiger partial charge in [0.25, 0.3) is 0 Å². The summed E-state index contributed by atoms with van der Waals surface area (Å²) >= 11 is 2.11. The average molecular weight is 223 g/mol. The molecule has 0 aromatic rings. The largest absolute Gasteiger partial charge is 0.417 e. The van der Waals surface area contributed by atoms with Crippen LogP contribution >= 0.6 is 11.2 Å². The maximum absolute atomic E-state index is 5.76. The molecule has 0 N–H and O–H groups in total. The quantitative estimate of drug-likeness (QED) is 0.521. The van der Waals surface area contributed by atoms with Gasteiger partial charge in [-0.1, -0.05) is 19.6 Å². The fourth-order valence-electron chi connectivity index (χ4n) is 0.696. The summed E-state index contributed by atoms with van der Waals surface area (Å²) in [5.74, 6) is 1.18. The molecule has 4 heteroatoms. The first-order chi connectivity index (χ1) is 5.21. The van der Waals surface area contributed by atoms with Gasteiger partial charge in [0.1, 0.15) is 7.22 Å². The molecule has 0 atom stereocenters. The summed E-state index contributed by atoms with van der Waals surface area (Å²) in [6, 6.07) is 0. The van der Waals surface area contributed by atoms with E-state index in [1.165, 1.54) is 5.75 Å². The van der Waals surface area contributed by atoms with Gasteiger partial charge in [0.2, 0.25) is 0 Å². The van der Waals surface area contributed by atoms with E-state index in [9.17, 15) is 0 Å². The Balaban J connectivity index is 3.35. The molecule has 0 saturated heterocycles. The van der Waals surface area contributed by atoms with Crippen molar-refractivity contribution in [2.24, 2.45) is 0 Å². The highest BCUT2D eigenvalue weighted by Gasteiger charge is 2.16. The molecule has 0 heterocycles. The van der Waals surface area contributed by atoms with Crippen molar-refractivity contribution >= 4 is 26.8 Å². The second kappa shape index (κ2) is 4.84. The van der Waals surface area contributed by atoms with Gasteiger partial charge >= 0.3 is 0 Å². The lowest BCUT2D eigenvalue weighted by Gasteiger charge is -2.19. The van der Waals surface area contributed by atoms with Crippen molar-refractivity contribution < 1.29 is 4.43 Å². The molecule has 74 valence electrons. The number of rotatable bonds is 5. The van der Waals surface area contributed by atoms with Crippen LogP contribution in [0.2, 0.25) is 39.3 Å². The van der Waals surface area contributed by atoms with Gasteiger partial charge in [-0.2, -0.15) is 11.2 Å². The maximum atomic E-state index is 5.76. The van der Waals surface area contributed by atoms with E-state index in [1.54, 1.807) is 0 Å². The zero-order valence-corrected chi connectivity index (χ0v) is 12.0. The highest BCUT2D eigenvalue weighted by Crippen LogP contribution is 2.19. The van der Waals surface area contributed by atoms with Crippen molar-refractivity contribution in [2.45, 2.75) is 39.3 Å². The molecule has 0 amide bonds. The lowest BCUT2D eigenvalue weighted by atomic mass is 10.9. The van der Waals surface area contributed by atoms with Crippen LogP contribution in [0.3, 0.4) is 0 Å². The molecule has 12 heavy (non-hydrogen) atoms. The van der Waals surface area contributed by atoms with E-state index in [2.05, 4.69) is 50.5 Å². The monoisotopic (exact) mass is 222 g/mol.